The molecule has 4 fully saturated rings. The largest absolute Gasteiger partial charge is 0.274 e. The molecule has 1 aliphatic carbocycles. The van der Waals surface area contributed by atoms with E-state index >= 15 is 0 Å². The highest BCUT2D eigenvalue weighted by Gasteiger charge is 2.66. The minimum absolute atomic E-state index is 0.0862. The molecule has 0 N–H and O–H groups in total. The summed E-state index contributed by atoms with van der Waals surface area (Å²) in [6.45, 7) is 0.725. The van der Waals surface area contributed by atoms with E-state index in [1.165, 1.54) is 17.7 Å². The van der Waals surface area contributed by atoms with Crippen LogP contribution in [0.5, 0.6) is 0 Å². The summed E-state index contributed by atoms with van der Waals surface area (Å²) in [5.41, 5.74) is 1.14. The molecule has 3 aliphatic heterocycles. The van der Waals surface area contributed by atoms with E-state index in [0.717, 1.165) is 25.8 Å². The Bertz CT molecular complexity index is 1060. The molecule has 32 heavy (non-hydrogen) atoms. The van der Waals surface area contributed by atoms with Gasteiger partial charge in [-0.05, 0) is 48.9 Å². The van der Waals surface area contributed by atoms with Crippen molar-refractivity contribution in [2.75, 3.05) is 11.4 Å². The van der Waals surface area contributed by atoms with Crippen LogP contribution in [-0.4, -0.2) is 46.4 Å². The number of amides is 3. The Morgan fingerprint density at radius 2 is 1.50 bits per heavy atom. The average Bonchev–Trinajstić information content (AvgIpc) is 3.32. The van der Waals surface area contributed by atoms with E-state index in [-0.39, 0.29) is 23.8 Å². The number of carbonyl (C=O) groups is 3. The molecular weight excluding hydrogens is 402 g/mol. The quantitative estimate of drug-likeness (QED) is 0.686. The second kappa shape index (κ2) is 7.55. The number of nitrogens with zero attached hydrogens (tertiary/aromatic N) is 3. The van der Waals surface area contributed by atoms with Gasteiger partial charge in [0.25, 0.3) is 11.8 Å². The number of imide groups is 1. The monoisotopic (exact) mass is 429 g/mol. The topological polar surface area (TPSA) is 60.9 Å². The Labute approximate surface area is 187 Å². The summed E-state index contributed by atoms with van der Waals surface area (Å²) in [7, 11) is 0. The second-order valence-electron chi connectivity index (χ2n) is 9.48. The molecule has 6 nitrogen and oxygen atoms in total. The minimum atomic E-state index is -0.763. The van der Waals surface area contributed by atoms with Crippen molar-refractivity contribution in [3.05, 3.63) is 66.2 Å². The Morgan fingerprint density at radius 3 is 2.25 bits per heavy atom. The molecule has 0 radical (unpaired) electrons. The van der Waals surface area contributed by atoms with Crippen LogP contribution in [0.3, 0.4) is 0 Å². The van der Waals surface area contributed by atoms with Gasteiger partial charge in [0.05, 0.1) is 11.6 Å². The first-order chi connectivity index (χ1) is 15.7. The van der Waals surface area contributed by atoms with Crippen LogP contribution in [0, 0.1) is 17.8 Å². The highest BCUT2D eigenvalue weighted by atomic mass is 16.2. The fraction of sp³-hybridized carbons (Fsp3) is 0.423. The van der Waals surface area contributed by atoms with Crippen molar-refractivity contribution in [3.8, 4) is 0 Å². The zero-order valence-corrected chi connectivity index (χ0v) is 18.0. The molecule has 2 unspecified atom stereocenters. The molecule has 2 aromatic rings. The molecule has 3 saturated heterocycles. The number of hydrogen-bond acceptors (Lipinski definition) is 4. The van der Waals surface area contributed by atoms with Gasteiger partial charge in [0.2, 0.25) is 5.91 Å². The van der Waals surface area contributed by atoms with Gasteiger partial charge in [-0.1, -0.05) is 55.7 Å². The molecule has 0 bridgehead atoms. The zero-order valence-electron chi connectivity index (χ0n) is 18.0. The molecule has 0 spiro atoms. The number of hydrogen-bond donors (Lipinski definition) is 0. The lowest BCUT2D eigenvalue weighted by atomic mass is 9.68. The zero-order chi connectivity index (χ0) is 21.8. The summed E-state index contributed by atoms with van der Waals surface area (Å²) < 4.78 is 0. The third-order valence-corrected chi connectivity index (χ3v) is 7.95. The summed E-state index contributed by atoms with van der Waals surface area (Å²) in [4.78, 5) is 42.5. The summed E-state index contributed by atoms with van der Waals surface area (Å²) in [5, 5.41) is 3.74. The molecule has 4 aliphatic rings. The van der Waals surface area contributed by atoms with Crippen LogP contribution < -0.4 is 4.90 Å². The van der Waals surface area contributed by atoms with Crippen molar-refractivity contribution in [3.63, 3.8) is 0 Å². The van der Waals surface area contributed by atoms with Crippen LogP contribution in [0.25, 0.3) is 0 Å². The van der Waals surface area contributed by atoms with Gasteiger partial charge < -0.3 is 0 Å². The van der Waals surface area contributed by atoms with E-state index in [0.29, 0.717) is 23.1 Å². The van der Waals surface area contributed by atoms with Gasteiger partial charge in [-0.25, -0.2) is 9.91 Å². The highest BCUT2D eigenvalue weighted by molar-refractivity contribution is 6.25. The van der Waals surface area contributed by atoms with Crippen LogP contribution in [0.2, 0.25) is 0 Å². The van der Waals surface area contributed by atoms with Crippen LogP contribution in [0.1, 0.15) is 42.5 Å². The molecule has 3 amide bonds. The summed E-state index contributed by atoms with van der Waals surface area (Å²) in [6.07, 6.45) is 5.65. The SMILES string of the molecule is O=C1[C@H]2[C@@H]3C4CCCCC4CCN3N(C(=O)c3ccccc3)[C@H]2C(=O)N1c1ccccc1. The number of para-hydroxylation sites is 1. The first-order valence-corrected chi connectivity index (χ1v) is 11.7. The van der Waals surface area contributed by atoms with Gasteiger partial charge in [-0.2, -0.15) is 0 Å². The van der Waals surface area contributed by atoms with Gasteiger partial charge in [0, 0.05) is 18.2 Å². The van der Waals surface area contributed by atoms with Crippen molar-refractivity contribution in [1.82, 2.24) is 10.0 Å². The average molecular weight is 430 g/mol. The lowest BCUT2D eigenvalue weighted by molar-refractivity contribution is -0.129. The lowest BCUT2D eigenvalue weighted by Gasteiger charge is -2.47. The first kappa shape index (κ1) is 19.7. The fourth-order valence-electron chi connectivity index (χ4n) is 6.63. The molecule has 6 heteroatoms. The van der Waals surface area contributed by atoms with E-state index in [2.05, 4.69) is 5.01 Å². The molecule has 1 saturated carbocycles. The van der Waals surface area contributed by atoms with Crippen molar-refractivity contribution in [2.45, 2.75) is 44.2 Å². The molecule has 5 atom stereocenters. The number of rotatable bonds is 2. The van der Waals surface area contributed by atoms with Crippen LogP contribution in [0.4, 0.5) is 5.69 Å². The number of benzene rings is 2. The number of piperidine rings is 1. The Hall–Kier alpha value is -2.99. The Balaban J connectivity index is 1.45. The van der Waals surface area contributed by atoms with Crippen LogP contribution in [0.15, 0.2) is 60.7 Å². The van der Waals surface area contributed by atoms with Gasteiger partial charge in [0.1, 0.15) is 6.04 Å². The maximum atomic E-state index is 13.8. The maximum Gasteiger partial charge on any atom is 0.268 e. The molecule has 3 heterocycles. The standard InChI is InChI=1S/C26H27N3O3/c30-24(18-10-3-1-4-11-18)29-23-21(22-20-14-8-7-9-17(20)15-16-27(22)29)25(31)28(26(23)32)19-12-5-2-6-13-19/h1-6,10-13,17,20-23H,7-9,14-16H2/t17?,20?,21-,22-,23+/m0/s1. The molecule has 6 rings (SSSR count). The Morgan fingerprint density at radius 1 is 0.812 bits per heavy atom. The number of hydrazine groups is 1. The molecule has 0 aromatic heterocycles. The number of fused-ring (bicyclic) bond motifs is 5. The third-order valence-electron chi connectivity index (χ3n) is 7.95. The van der Waals surface area contributed by atoms with E-state index in [9.17, 15) is 14.4 Å². The maximum absolute atomic E-state index is 13.8. The smallest absolute Gasteiger partial charge is 0.268 e. The van der Waals surface area contributed by atoms with Gasteiger partial charge in [-0.3, -0.25) is 19.4 Å². The second-order valence-corrected chi connectivity index (χ2v) is 9.48. The fourth-order valence-corrected chi connectivity index (χ4v) is 6.63. The molecule has 2 aromatic carbocycles. The van der Waals surface area contributed by atoms with E-state index < -0.39 is 12.0 Å². The normalized spacial score (nSPS) is 31.9. The van der Waals surface area contributed by atoms with Crippen molar-refractivity contribution in [1.29, 1.82) is 0 Å². The lowest BCUT2D eigenvalue weighted by Crippen LogP contribution is -2.57. The number of carbonyl (C=O) groups excluding carboxylic acids is 3. The molecule has 164 valence electrons. The predicted octanol–water partition coefficient (Wildman–Crippen LogP) is 3.50. The Kier molecular flexibility index (Phi) is 4.65. The van der Waals surface area contributed by atoms with Crippen molar-refractivity contribution < 1.29 is 14.4 Å². The summed E-state index contributed by atoms with van der Waals surface area (Å²) in [6, 6.07) is 17.4. The summed E-state index contributed by atoms with van der Waals surface area (Å²) in [5.74, 6) is -0.195. The molecular formula is C26H27N3O3. The first-order valence-electron chi connectivity index (χ1n) is 11.7. The van der Waals surface area contributed by atoms with Crippen molar-refractivity contribution >= 4 is 23.4 Å². The summed E-state index contributed by atoms with van der Waals surface area (Å²) >= 11 is 0. The van der Waals surface area contributed by atoms with E-state index in [1.807, 2.05) is 36.4 Å². The minimum Gasteiger partial charge on any atom is -0.274 e. The van der Waals surface area contributed by atoms with Crippen LogP contribution in [-0.2, 0) is 9.59 Å². The van der Waals surface area contributed by atoms with E-state index in [1.54, 1.807) is 29.3 Å². The van der Waals surface area contributed by atoms with Crippen molar-refractivity contribution in [2.24, 2.45) is 17.8 Å². The van der Waals surface area contributed by atoms with Crippen LogP contribution >= 0.6 is 0 Å². The highest BCUT2D eigenvalue weighted by Crippen LogP contribution is 2.50. The third kappa shape index (κ3) is 2.78. The number of anilines is 1. The van der Waals surface area contributed by atoms with Gasteiger partial charge in [0.15, 0.2) is 0 Å². The predicted molar refractivity (Wildman–Crippen MR) is 119 cm³/mol. The van der Waals surface area contributed by atoms with Gasteiger partial charge in [-0.15, -0.1) is 0 Å². The van der Waals surface area contributed by atoms with Gasteiger partial charge >= 0.3 is 0 Å². The van der Waals surface area contributed by atoms with E-state index in [4.69, 9.17) is 0 Å².